The number of fused-ring (bicyclic) bond motifs is 1. The largest absolute Gasteiger partial charge is 0.383 e. The normalized spacial score (nSPS) is 16.9. The quantitative estimate of drug-likeness (QED) is 0.349. The second kappa shape index (κ2) is 8.14. The summed E-state index contributed by atoms with van der Waals surface area (Å²) >= 11 is 3.53. The van der Waals surface area contributed by atoms with Crippen molar-refractivity contribution in [3.05, 3.63) is 103 Å². The van der Waals surface area contributed by atoms with Crippen molar-refractivity contribution in [3.63, 3.8) is 0 Å². The van der Waals surface area contributed by atoms with Gasteiger partial charge in [0.25, 0.3) is 11.4 Å². The molecule has 10 heteroatoms. The minimum absolute atomic E-state index is 0.0560. The summed E-state index contributed by atoms with van der Waals surface area (Å²) in [6, 6.07) is 12.5. The highest BCUT2D eigenvalue weighted by Gasteiger charge is 2.29. The lowest BCUT2D eigenvalue weighted by molar-refractivity contribution is -0.385. The average molecular weight is 506 g/mol. The van der Waals surface area contributed by atoms with E-state index in [1.54, 1.807) is 24.3 Å². The summed E-state index contributed by atoms with van der Waals surface area (Å²) in [5, 5.41) is 26.0. The van der Waals surface area contributed by atoms with Crippen LogP contribution in [0.5, 0.6) is 0 Å². The van der Waals surface area contributed by atoms with Crippen LogP contribution in [0, 0.1) is 20.2 Å². The van der Waals surface area contributed by atoms with E-state index in [4.69, 9.17) is 4.98 Å². The van der Waals surface area contributed by atoms with Gasteiger partial charge in [-0.15, -0.1) is 0 Å². The smallest absolute Gasteiger partial charge is 0.270 e. The highest BCUT2D eigenvalue weighted by Crippen LogP contribution is 2.39. The van der Waals surface area contributed by atoms with Crippen LogP contribution < -0.4 is 5.32 Å². The lowest BCUT2D eigenvalue weighted by atomic mass is 9.96. The van der Waals surface area contributed by atoms with E-state index < -0.39 is 9.85 Å². The summed E-state index contributed by atoms with van der Waals surface area (Å²) in [4.78, 5) is 29.8. The van der Waals surface area contributed by atoms with Crippen molar-refractivity contribution in [2.45, 2.75) is 12.5 Å². The topological polar surface area (TPSA) is 127 Å². The number of nitrogens with one attached hydrogen (secondary N) is 2. The van der Waals surface area contributed by atoms with E-state index in [1.165, 1.54) is 24.3 Å². The minimum Gasteiger partial charge on any atom is -0.383 e. The molecule has 0 radical (unpaired) electrons. The summed E-state index contributed by atoms with van der Waals surface area (Å²) in [5.74, 6) is 0.571. The van der Waals surface area contributed by atoms with Gasteiger partial charge in [0.05, 0.1) is 27.3 Å². The molecule has 0 amide bonds. The molecule has 1 aliphatic carbocycles. The Labute approximate surface area is 196 Å². The number of halogens is 1. The van der Waals surface area contributed by atoms with Gasteiger partial charge in [-0.1, -0.05) is 46.3 Å². The Hall–Kier alpha value is -4.05. The fourth-order valence-electron chi connectivity index (χ4n) is 4.02. The zero-order chi connectivity index (χ0) is 23.1. The van der Waals surface area contributed by atoms with E-state index in [-0.39, 0.29) is 17.4 Å². The summed E-state index contributed by atoms with van der Waals surface area (Å²) in [6.45, 7) is 0. The van der Waals surface area contributed by atoms with Gasteiger partial charge in [-0.05, 0) is 18.1 Å². The molecule has 2 N–H and O–H groups in total. The summed E-state index contributed by atoms with van der Waals surface area (Å²) in [7, 11) is 0. The van der Waals surface area contributed by atoms with Crippen LogP contribution in [0.1, 0.15) is 12.2 Å². The third-order valence-corrected chi connectivity index (χ3v) is 6.14. The molecule has 1 atom stereocenters. The van der Waals surface area contributed by atoms with Gasteiger partial charge in [-0.3, -0.25) is 20.2 Å². The van der Waals surface area contributed by atoms with Crippen molar-refractivity contribution < 1.29 is 9.85 Å². The third kappa shape index (κ3) is 3.85. The number of benzene rings is 2. The van der Waals surface area contributed by atoms with E-state index in [1.807, 2.05) is 12.3 Å². The maximum Gasteiger partial charge on any atom is 0.270 e. The molecule has 164 valence electrons. The second-order valence-corrected chi connectivity index (χ2v) is 8.54. The Morgan fingerprint density at radius 1 is 1.00 bits per heavy atom. The molecule has 2 aliphatic rings. The molecule has 0 saturated heterocycles. The number of hydrogen-bond donors (Lipinski definition) is 2. The third-order valence-electron chi connectivity index (χ3n) is 5.59. The first kappa shape index (κ1) is 20.8. The minimum atomic E-state index is -0.463. The van der Waals surface area contributed by atoms with Gasteiger partial charge in [0, 0.05) is 51.6 Å². The summed E-state index contributed by atoms with van der Waals surface area (Å²) < 4.78 is 0.979. The van der Waals surface area contributed by atoms with Crippen molar-refractivity contribution >= 4 is 32.9 Å². The van der Waals surface area contributed by atoms with Gasteiger partial charge in [0.1, 0.15) is 5.82 Å². The molecule has 0 fully saturated rings. The molecule has 9 nitrogen and oxygen atoms in total. The van der Waals surface area contributed by atoms with Crippen molar-refractivity contribution in [3.8, 4) is 22.5 Å². The Bertz CT molecular complexity index is 1330. The lowest BCUT2D eigenvalue weighted by Gasteiger charge is -2.16. The Morgan fingerprint density at radius 2 is 1.67 bits per heavy atom. The lowest BCUT2D eigenvalue weighted by Crippen LogP contribution is -2.21. The van der Waals surface area contributed by atoms with Crippen LogP contribution in [0.3, 0.4) is 0 Å². The summed E-state index contributed by atoms with van der Waals surface area (Å²) in [5.41, 5.74) is 3.94. The predicted octanol–water partition coefficient (Wildman–Crippen LogP) is 5.48. The number of allylic oxidation sites excluding steroid dienone is 2. The Balaban J connectivity index is 1.68. The molecule has 2 heterocycles. The van der Waals surface area contributed by atoms with Gasteiger partial charge < -0.3 is 10.3 Å². The van der Waals surface area contributed by atoms with Crippen LogP contribution in [0.25, 0.3) is 28.1 Å². The zero-order valence-corrected chi connectivity index (χ0v) is 18.6. The van der Waals surface area contributed by atoms with Crippen molar-refractivity contribution in [2.75, 3.05) is 0 Å². The van der Waals surface area contributed by atoms with E-state index in [0.717, 1.165) is 22.0 Å². The predicted molar refractivity (Wildman–Crippen MR) is 127 cm³/mol. The monoisotopic (exact) mass is 505 g/mol. The number of non-ortho nitro benzene ring substituents is 2. The molecular formula is C23H16BrN5O4. The van der Waals surface area contributed by atoms with Crippen LogP contribution in [0.15, 0.2) is 76.9 Å². The molecule has 1 aliphatic heterocycles. The maximum absolute atomic E-state index is 11.3. The van der Waals surface area contributed by atoms with Crippen molar-refractivity contribution in [2.24, 2.45) is 0 Å². The van der Waals surface area contributed by atoms with E-state index in [0.29, 0.717) is 28.3 Å². The molecule has 1 unspecified atom stereocenters. The van der Waals surface area contributed by atoms with E-state index >= 15 is 0 Å². The Morgan fingerprint density at radius 3 is 2.36 bits per heavy atom. The number of aromatic nitrogens is 2. The standard InChI is InChI=1S/C23H16BrN5O4/c24-15-7-8-20-18(11-15)19(12-25-20)23-26-21(13-3-1-5-16(9-13)28(30)31)22(27-23)14-4-2-6-17(10-14)29(32)33/h1-7,9-12,20,25H,8H2,(H,26,27). The number of nitrogens with zero attached hydrogens (tertiary/aromatic N) is 3. The highest BCUT2D eigenvalue weighted by molar-refractivity contribution is 9.11. The molecule has 0 bridgehead atoms. The molecule has 3 aromatic rings. The van der Waals surface area contributed by atoms with Gasteiger partial charge in [-0.2, -0.15) is 0 Å². The van der Waals surface area contributed by atoms with Gasteiger partial charge in [0.15, 0.2) is 0 Å². The molecule has 0 saturated carbocycles. The summed E-state index contributed by atoms with van der Waals surface area (Å²) in [6.07, 6.45) is 6.83. The second-order valence-electron chi connectivity index (χ2n) is 7.63. The van der Waals surface area contributed by atoms with E-state index in [9.17, 15) is 20.2 Å². The zero-order valence-electron chi connectivity index (χ0n) is 17.0. The van der Waals surface area contributed by atoms with Crippen LogP contribution in [-0.2, 0) is 0 Å². The highest BCUT2D eigenvalue weighted by atomic mass is 79.9. The molecule has 1 aromatic heterocycles. The van der Waals surface area contributed by atoms with Crippen molar-refractivity contribution in [1.29, 1.82) is 0 Å². The maximum atomic E-state index is 11.3. The van der Waals surface area contributed by atoms with Gasteiger partial charge in [-0.25, -0.2) is 4.98 Å². The van der Waals surface area contributed by atoms with Crippen LogP contribution >= 0.6 is 15.9 Å². The first-order chi connectivity index (χ1) is 15.9. The molecule has 5 rings (SSSR count). The van der Waals surface area contributed by atoms with Gasteiger partial charge in [0.2, 0.25) is 0 Å². The molecule has 33 heavy (non-hydrogen) atoms. The molecule has 0 spiro atoms. The number of rotatable bonds is 5. The van der Waals surface area contributed by atoms with Crippen molar-refractivity contribution in [1.82, 2.24) is 15.3 Å². The van der Waals surface area contributed by atoms with E-state index in [2.05, 4.69) is 32.3 Å². The number of nitro groups is 2. The Kier molecular flexibility index (Phi) is 5.14. The molecule has 2 aromatic carbocycles. The fraction of sp³-hybridized carbons (Fsp3) is 0.0870. The van der Waals surface area contributed by atoms with Crippen LogP contribution in [0.2, 0.25) is 0 Å². The molecular weight excluding hydrogens is 490 g/mol. The average Bonchev–Trinajstić information content (AvgIpc) is 3.43. The van der Waals surface area contributed by atoms with Crippen LogP contribution in [0.4, 0.5) is 11.4 Å². The number of hydrogen-bond acceptors (Lipinski definition) is 6. The first-order valence-corrected chi connectivity index (χ1v) is 10.8. The number of nitro benzene ring substituents is 2. The number of imidazole rings is 1. The fourth-order valence-corrected chi connectivity index (χ4v) is 4.45. The van der Waals surface area contributed by atoms with Crippen LogP contribution in [-0.4, -0.2) is 25.9 Å². The number of aromatic amines is 1. The number of H-pyrrole nitrogens is 1. The SMILES string of the molecule is O=[N+]([O-])c1cccc(-c2nc(C3=CNC4CC=C(Br)C=C34)[nH]c2-c2cccc([N+](=O)[O-])c2)c1. The van der Waals surface area contributed by atoms with Gasteiger partial charge >= 0.3 is 0 Å². The first-order valence-electron chi connectivity index (χ1n) is 10.0.